The van der Waals surface area contributed by atoms with Crippen LogP contribution >= 0.6 is 0 Å². The summed E-state index contributed by atoms with van der Waals surface area (Å²) in [5.41, 5.74) is -0.706. The van der Waals surface area contributed by atoms with Crippen LogP contribution in [-0.2, 0) is 19.1 Å². The number of ether oxygens (including phenoxy) is 1. The molecule has 170 valence electrons. The van der Waals surface area contributed by atoms with Crippen LogP contribution in [0.5, 0.6) is 0 Å². The van der Waals surface area contributed by atoms with Gasteiger partial charge in [-0.1, -0.05) is 47.0 Å². The molecule has 0 unspecified atom stereocenters. The fourth-order valence-electron chi connectivity index (χ4n) is 4.31. The van der Waals surface area contributed by atoms with Crippen LogP contribution in [-0.4, -0.2) is 54.0 Å². The zero-order valence-electron chi connectivity index (χ0n) is 18.8. The molecule has 0 aromatic carbocycles. The average Bonchev–Trinajstić information content (AvgIpc) is 2.94. The van der Waals surface area contributed by atoms with Gasteiger partial charge >= 0.3 is 12.0 Å². The van der Waals surface area contributed by atoms with Crippen LogP contribution in [0, 0.1) is 11.3 Å². The molecule has 1 heterocycles. The van der Waals surface area contributed by atoms with Crippen molar-refractivity contribution in [3.63, 3.8) is 0 Å². The highest BCUT2D eigenvalue weighted by Gasteiger charge is 2.53. The second-order valence-corrected chi connectivity index (χ2v) is 9.24. The summed E-state index contributed by atoms with van der Waals surface area (Å²) in [6.45, 7) is 8.38. The van der Waals surface area contributed by atoms with Crippen molar-refractivity contribution < 1.29 is 23.9 Å². The number of unbranched alkanes of at least 4 members (excludes halogenated alkanes) is 2. The molecule has 1 spiro atoms. The standard InChI is InChI=1S/C22H37N3O5/c1-5-7-8-13-23-17(26)15-30-18(27)14-25-19(28)22(24-20(25)29)11-9-16(10-12-22)21(3,4)6-2/h16H,5-15H2,1-4H3,(H,23,26)(H,24,29). The van der Waals surface area contributed by atoms with Gasteiger partial charge in [0.2, 0.25) is 0 Å². The first-order valence-corrected chi connectivity index (χ1v) is 11.2. The van der Waals surface area contributed by atoms with E-state index in [1.165, 1.54) is 0 Å². The summed E-state index contributed by atoms with van der Waals surface area (Å²) in [5, 5.41) is 5.50. The number of nitrogens with one attached hydrogen (secondary N) is 2. The number of hydrogen-bond donors (Lipinski definition) is 2. The van der Waals surface area contributed by atoms with Gasteiger partial charge in [-0.05, 0) is 43.4 Å². The molecule has 30 heavy (non-hydrogen) atoms. The second kappa shape index (κ2) is 10.3. The number of carbonyl (C=O) groups is 4. The Morgan fingerprint density at radius 1 is 1.20 bits per heavy atom. The van der Waals surface area contributed by atoms with Crippen molar-refractivity contribution in [1.82, 2.24) is 15.5 Å². The fourth-order valence-corrected chi connectivity index (χ4v) is 4.31. The van der Waals surface area contributed by atoms with Gasteiger partial charge in [0, 0.05) is 6.54 Å². The van der Waals surface area contributed by atoms with E-state index in [2.05, 4.69) is 38.3 Å². The third-order valence-electron chi connectivity index (χ3n) is 6.86. The molecule has 1 aliphatic carbocycles. The summed E-state index contributed by atoms with van der Waals surface area (Å²) in [7, 11) is 0. The Balaban J connectivity index is 1.82. The van der Waals surface area contributed by atoms with E-state index in [9.17, 15) is 19.2 Å². The van der Waals surface area contributed by atoms with E-state index in [1.54, 1.807) is 0 Å². The summed E-state index contributed by atoms with van der Waals surface area (Å²) < 4.78 is 4.95. The van der Waals surface area contributed by atoms with Crippen molar-refractivity contribution in [2.24, 2.45) is 11.3 Å². The molecule has 1 saturated carbocycles. The Bertz CT molecular complexity index is 653. The Morgan fingerprint density at radius 3 is 2.47 bits per heavy atom. The van der Waals surface area contributed by atoms with Crippen LogP contribution in [0.25, 0.3) is 0 Å². The Kier molecular flexibility index (Phi) is 8.26. The van der Waals surface area contributed by atoms with E-state index >= 15 is 0 Å². The van der Waals surface area contributed by atoms with Gasteiger partial charge in [-0.25, -0.2) is 4.79 Å². The molecular weight excluding hydrogens is 386 g/mol. The second-order valence-electron chi connectivity index (χ2n) is 9.24. The predicted octanol–water partition coefficient (Wildman–Crippen LogP) is 2.75. The number of amides is 4. The SMILES string of the molecule is CCCCCNC(=O)COC(=O)CN1C(=O)NC2(CCC(C(C)(C)CC)CC2)C1=O. The largest absolute Gasteiger partial charge is 0.454 e. The van der Waals surface area contributed by atoms with Gasteiger partial charge in [0.05, 0.1) is 0 Å². The van der Waals surface area contributed by atoms with Crippen LogP contribution in [0.15, 0.2) is 0 Å². The molecule has 0 bridgehead atoms. The lowest BCUT2D eigenvalue weighted by Gasteiger charge is -2.42. The summed E-state index contributed by atoms with van der Waals surface area (Å²) >= 11 is 0. The molecule has 2 rings (SSSR count). The predicted molar refractivity (Wildman–Crippen MR) is 112 cm³/mol. The highest BCUT2D eigenvalue weighted by atomic mass is 16.5. The van der Waals surface area contributed by atoms with Gasteiger partial charge in [-0.15, -0.1) is 0 Å². The Hall–Kier alpha value is -2.12. The van der Waals surface area contributed by atoms with E-state index in [0.29, 0.717) is 25.3 Å². The molecule has 0 aromatic rings. The maximum absolute atomic E-state index is 13.0. The minimum Gasteiger partial charge on any atom is -0.454 e. The minimum atomic E-state index is -0.908. The first-order chi connectivity index (χ1) is 14.1. The number of esters is 1. The number of urea groups is 1. The van der Waals surface area contributed by atoms with Gasteiger partial charge in [0.15, 0.2) is 6.61 Å². The zero-order chi connectivity index (χ0) is 22.4. The molecule has 0 atom stereocenters. The first-order valence-electron chi connectivity index (χ1n) is 11.2. The summed E-state index contributed by atoms with van der Waals surface area (Å²) in [5.74, 6) is -1.00. The lowest BCUT2D eigenvalue weighted by molar-refractivity contribution is -0.151. The summed E-state index contributed by atoms with van der Waals surface area (Å²) in [6, 6.07) is -0.561. The highest BCUT2D eigenvalue weighted by molar-refractivity contribution is 6.08. The Labute approximate surface area is 179 Å². The van der Waals surface area contributed by atoms with E-state index in [-0.39, 0.29) is 17.2 Å². The molecule has 4 amide bonds. The van der Waals surface area contributed by atoms with Crippen molar-refractivity contribution >= 4 is 23.8 Å². The van der Waals surface area contributed by atoms with Crippen LogP contribution in [0.1, 0.15) is 79.1 Å². The maximum Gasteiger partial charge on any atom is 0.326 e. The van der Waals surface area contributed by atoms with E-state index in [1.807, 2.05) is 0 Å². The first kappa shape index (κ1) is 24.2. The maximum atomic E-state index is 13.0. The van der Waals surface area contributed by atoms with Gasteiger partial charge < -0.3 is 15.4 Å². The van der Waals surface area contributed by atoms with Crippen molar-refractivity contribution in [1.29, 1.82) is 0 Å². The number of hydrogen-bond acceptors (Lipinski definition) is 5. The van der Waals surface area contributed by atoms with Crippen LogP contribution in [0.4, 0.5) is 4.79 Å². The van der Waals surface area contributed by atoms with E-state index in [4.69, 9.17) is 4.74 Å². The normalized spacial score (nSPS) is 24.1. The van der Waals surface area contributed by atoms with Crippen LogP contribution in [0.2, 0.25) is 0 Å². The molecule has 1 aliphatic heterocycles. The molecule has 0 radical (unpaired) electrons. The molecule has 1 saturated heterocycles. The van der Waals surface area contributed by atoms with Crippen LogP contribution < -0.4 is 10.6 Å². The molecule has 2 N–H and O–H groups in total. The monoisotopic (exact) mass is 423 g/mol. The van der Waals surface area contributed by atoms with Gasteiger partial charge in [-0.2, -0.15) is 0 Å². The van der Waals surface area contributed by atoms with Crippen LogP contribution in [0.3, 0.4) is 0 Å². The molecule has 0 aromatic heterocycles. The van der Waals surface area contributed by atoms with E-state index in [0.717, 1.165) is 43.4 Å². The molecule has 8 nitrogen and oxygen atoms in total. The lowest BCUT2D eigenvalue weighted by atomic mass is 9.65. The smallest absolute Gasteiger partial charge is 0.326 e. The number of carbonyl (C=O) groups excluding carboxylic acids is 4. The third kappa shape index (κ3) is 5.73. The zero-order valence-corrected chi connectivity index (χ0v) is 18.8. The van der Waals surface area contributed by atoms with E-state index < -0.39 is 30.7 Å². The lowest BCUT2D eigenvalue weighted by Crippen LogP contribution is -2.51. The van der Waals surface area contributed by atoms with Crippen molar-refractivity contribution in [2.75, 3.05) is 19.7 Å². The van der Waals surface area contributed by atoms with Crippen molar-refractivity contribution in [3.05, 3.63) is 0 Å². The number of imide groups is 1. The van der Waals surface area contributed by atoms with Gasteiger partial charge in [-0.3, -0.25) is 19.3 Å². The topological polar surface area (TPSA) is 105 Å². The van der Waals surface area contributed by atoms with Gasteiger partial charge in [0.1, 0.15) is 12.1 Å². The van der Waals surface area contributed by atoms with Crippen molar-refractivity contribution in [2.45, 2.75) is 84.6 Å². The fraction of sp³-hybridized carbons (Fsp3) is 0.818. The van der Waals surface area contributed by atoms with Gasteiger partial charge in [0.25, 0.3) is 11.8 Å². The average molecular weight is 424 g/mol. The molecule has 2 fully saturated rings. The minimum absolute atomic E-state index is 0.202. The Morgan fingerprint density at radius 2 is 1.87 bits per heavy atom. The number of rotatable bonds is 10. The summed E-state index contributed by atoms with van der Waals surface area (Å²) in [4.78, 5) is 50.0. The quantitative estimate of drug-likeness (QED) is 0.319. The molecular formula is C22H37N3O5. The third-order valence-corrected chi connectivity index (χ3v) is 6.86. The number of nitrogens with zero attached hydrogens (tertiary/aromatic N) is 1. The van der Waals surface area contributed by atoms with Crippen molar-refractivity contribution in [3.8, 4) is 0 Å². The molecule has 2 aliphatic rings. The highest BCUT2D eigenvalue weighted by Crippen LogP contribution is 2.45. The summed E-state index contributed by atoms with van der Waals surface area (Å²) in [6.07, 6.45) is 6.90. The molecule has 8 heteroatoms.